The van der Waals surface area contributed by atoms with Gasteiger partial charge in [0.2, 0.25) is 0 Å². The van der Waals surface area contributed by atoms with Gasteiger partial charge in [-0.3, -0.25) is 0 Å². The van der Waals surface area contributed by atoms with Crippen LogP contribution in [0.5, 0.6) is 5.75 Å². The molecule has 2 aromatic carbocycles. The Balaban J connectivity index is 1.78. The molecule has 0 radical (unpaired) electrons. The fourth-order valence-electron chi connectivity index (χ4n) is 2.20. The van der Waals surface area contributed by atoms with Gasteiger partial charge >= 0.3 is 0 Å². The highest BCUT2D eigenvalue weighted by Crippen LogP contribution is 2.22. The molecule has 0 aliphatic carbocycles. The molecular formula is C18H21ClN2OS. The molecule has 0 fully saturated rings. The van der Waals surface area contributed by atoms with Gasteiger partial charge < -0.3 is 15.4 Å². The average molecular weight is 349 g/mol. The summed E-state index contributed by atoms with van der Waals surface area (Å²) in [6, 6.07) is 11.8. The van der Waals surface area contributed by atoms with Crippen molar-refractivity contribution in [3.63, 3.8) is 0 Å². The number of thiocarbonyl (C=S) groups is 1. The van der Waals surface area contributed by atoms with Crippen LogP contribution < -0.4 is 15.4 Å². The average Bonchev–Trinajstić information content (AvgIpc) is 2.50. The van der Waals surface area contributed by atoms with Gasteiger partial charge in [0.1, 0.15) is 12.4 Å². The summed E-state index contributed by atoms with van der Waals surface area (Å²) in [4.78, 5) is 0. The third-order valence-corrected chi connectivity index (χ3v) is 4.15. The molecule has 3 nitrogen and oxygen atoms in total. The van der Waals surface area contributed by atoms with Gasteiger partial charge in [0.05, 0.1) is 6.54 Å². The first kappa shape index (κ1) is 17.6. The van der Waals surface area contributed by atoms with Crippen LogP contribution >= 0.6 is 23.8 Å². The summed E-state index contributed by atoms with van der Waals surface area (Å²) >= 11 is 11.4. The van der Waals surface area contributed by atoms with Crippen molar-refractivity contribution in [1.82, 2.24) is 5.32 Å². The zero-order chi connectivity index (χ0) is 16.8. The van der Waals surface area contributed by atoms with E-state index in [9.17, 15) is 0 Å². The lowest BCUT2D eigenvalue weighted by Crippen LogP contribution is -2.32. The number of benzene rings is 2. The Morgan fingerprint density at radius 2 is 1.96 bits per heavy atom. The van der Waals surface area contributed by atoms with Crippen LogP contribution in [0.1, 0.15) is 16.7 Å². The molecule has 5 heteroatoms. The first-order valence-electron chi connectivity index (χ1n) is 7.47. The predicted molar refractivity (Wildman–Crippen MR) is 102 cm³/mol. The second-order valence-corrected chi connectivity index (χ2v) is 6.23. The van der Waals surface area contributed by atoms with Gasteiger partial charge in [0.25, 0.3) is 0 Å². The van der Waals surface area contributed by atoms with E-state index in [-0.39, 0.29) is 0 Å². The van der Waals surface area contributed by atoms with Crippen molar-refractivity contribution in [2.75, 3.05) is 18.5 Å². The van der Waals surface area contributed by atoms with E-state index in [0.29, 0.717) is 18.3 Å². The Labute approximate surface area is 148 Å². The van der Waals surface area contributed by atoms with E-state index in [4.69, 9.17) is 28.6 Å². The van der Waals surface area contributed by atoms with E-state index in [1.165, 1.54) is 5.56 Å². The largest absolute Gasteiger partial charge is 0.491 e. The van der Waals surface area contributed by atoms with Crippen molar-refractivity contribution in [2.24, 2.45) is 0 Å². The van der Waals surface area contributed by atoms with E-state index in [1.54, 1.807) is 0 Å². The van der Waals surface area contributed by atoms with Gasteiger partial charge in [-0.05, 0) is 62.3 Å². The number of hydrogen-bond donors (Lipinski definition) is 2. The Bertz CT molecular complexity index is 703. The molecule has 0 bridgehead atoms. The highest BCUT2D eigenvalue weighted by atomic mass is 35.5. The maximum atomic E-state index is 6.09. The Morgan fingerprint density at radius 1 is 1.17 bits per heavy atom. The molecule has 23 heavy (non-hydrogen) atoms. The van der Waals surface area contributed by atoms with Crippen molar-refractivity contribution in [3.8, 4) is 5.75 Å². The van der Waals surface area contributed by atoms with Crippen LogP contribution in [-0.2, 0) is 0 Å². The first-order valence-corrected chi connectivity index (χ1v) is 8.26. The van der Waals surface area contributed by atoms with E-state index < -0.39 is 0 Å². The van der Waals surface area contributed by atoms with Crippen LogP contribution in [0.3, 0.4) is 0 Å². The highest BCUT2D eigenvalue weighted by Gasteiger charge is 2.04. The zero-order valence-electron chi connectivity index (χ0n) is 13.6. The number of nitrogens with one attached hydrogen (secondary N) is 2. The number of ether oxygens (including phenoxy) is 1. The summed E-state index contributed by atoms with van der Waals surface area (Å²) in [5, 5.41) is 7.55. The van der Waals surface area contributed by atoms with Crippen molar-refractivity contribution in [3.05, 3.63) is 58.1 Å². The van der Waals surface area contributed by atoms with E-state index >= 15 is 0 Å². The maximum absolute atomic E-state index is 6.09. The lowest BCUT2D eigenvalue weighted by Gasteiger charge is -2.14. The van der Waals surface area contributed by atoms with Crippen molar-refractivity contribution < 1.29 is 4.74 Å². The number of rotatable bonds is 5. The van der Waals surface area contributed by atoms with Gasteiger partial charge in [0, 0.05) is 10.7 Å². The molecule has 0 spiro atoms. The molecule has 0 aliphatic heterocycles. The predicted octanol–water partition coefficient (Wildman–Crippen LogP) is 4.63. The van der Waals surface area contributed by atoms with E-state index in [2.05, 4.69) is 23.6 Å². The third-order valence-electron chi connectivity index (χ3n) is 3.49. The summed E-state index contributed by atoms with van der Waals surface area (Å²) in [7, 11) is 0. The van der Waals surface area contributed by atoms with Gasteiger partial charge in [-0.2, -0.15) is 0 Å². The minimum absolute atomic E-state index is 0.542. The Morgan fingerprint density at radius 3 is 2.70 bits per heavy atom. The lowest BCUT2D eigenvalue weighted by atomic mass is 10.1. The topological polar surface area (TPSA) is 33.3 Å². The molecular weight excluding hydrogens is 328 g/mol. The molecule has 122 valence electrons. The van der Waals surface area contributed by atoms with Crippen LogP contribution in [0, 0.1) is 20.8 Å². The SMILES string of the molecule is Cc1ccc(OCCNC(=S)Nc2cccc(Cl)c2C)c(C)c1. The molecule has 2 rings (SSSR count). The van der Waals surface area contributed by atoms with Crippen LogP contribution in [0.25, 0.3) is 0 Å². The second kappa shape index (κ2) is 8.18. The van der Waals surface area contributed by atoms with Gasteiger partial charge in [-0.25, -0.2) is 0 Å². The minimum Gasteiger partial charge on any atom is -0.491 e. The fourth-order valence-corrected chi connectivity index (χ4v) is 2.58. The molecule has 0 atom stereocenters. The quantitative estimate of drug-likeness (QED) is 0.609. The van der Waals surface area contributed by atoms with Gasteiger partial charge in [-0.1, -0.05) is 35.4 Å². The van der Waals surface area contributed by atoms with Crippen LogP contribution in [0.2, 0.25) is 5.02 Å². The smallest absolute Gasteiger partial charge is 0.170 e. The van der Waals surface area contributed by atoms with Gasteiger partial charge in [0.15, 0.2) is 5.11 Å². The first-order chi connectivity index (χ1) is 11.0. The third kappa shape index (κ3) is 5.12. The number of halogens is 1. The second-order valence-electron chi connectivity index (χ2n) is 5.41. The molecule has 0 heterocycles. The molecule has 2 N–H and O–H groups in total. The highest BCUT2D eigenvalue weighted by molar-refractivity contribution is 7.80. The minimum atomic E-state index is 0.542. The molecule has 0 aliphatic rings. The van der Waals surface area contributed by atoms with E-state index in [1.807, 2.05) is 44.2 Å². The Kier molecular flexibility index (Phi) is 6.25. The summed E-state index contributed by atoms with van der Waals surface area (Å²) in [5.41, 5.74) is 4.26. The van der Waals surface area contributed by atoms with Crippen LogP contribution in [0.15, 0.2) is 36.4 Å². The van der Waals surface area contributed by atoms with Crippen molar-refractivity contribution in [1.29, 1.82) is 0 Å². The maximum Gasteiger partial charge on any atom is 0.170 e. The molecule has 0 unspecified atom stereocenters. The van der Waals surface area contributed by atoms with Crippen LogP contribution in [-0.4, -0.2) is 18.3 Å². The fraction of sp³-hybridized carbons (Fsp3) is 0.278. The Hall–Kier alpha value is -1.78. The van der Waals surface area contributed by atoms with Crippen molar-refractivity contribution in [2.45, 2.75) is 20.8 Å². The lowest BCUT2D eigenvalue weighted by molar-refractivity contribution is 0.320. The summed E-state index contributed by atoms with van der Waals surface area (Å²) in [6.07, 6.45) is 0. The molecule has 2 aromatic rings. The summed E-state index contributed by atoms with van der Waals surface area (Å²) in [5.74, 6) is 0.905. The number of aryl methyl sites for hydroxylation is 2. The molecule has 0 aromatic heterocycles. The normalized spacial score (nSPS) is 10.3. The molecule has 0 saturated carbocycles. The summed E-state index contributed by atoms with van der Waals surface area (Å²) in [6.45, 7) is 7.24. The van der Waals surface area contributed by atoms with Crippen LogP contribution in [0.4, 0.5) is 5.69 Å². The number of hydrogen-bond acceptors (Lipinski definition) is 2. The standard InChI is InChI=1S/C18H21ClN2OS/c1-12-7-8-17(13(2)11-12)22-10-9-20-18(23)21-16-6-4-5-15(19)14(16)3/h4-8,11H,9-10H2,1-3H3,(H2,20,21,23). The summed E-state index contributed by atoms with van der Waals surface area (Å²) < 4.78 is 5.76. The molecule has 0 amide bonds. The molecule has 0 saturated heterocycles. The van der Waals surface area contributed by atoms with Gasteiger partial charge in [-0.15, -0.1) is 0 Å². The monoisotopic (exact) mass is 348 g/mol. The zero-order valence-corrected chi connectivity index (χ0v) is 15.1. The van der Waals surface area contributed by atoms with Crippen molar-refractivity contribution >= 4 is 34.6 Å². The van der Waals surface area contributed by atoms with E-state index in [0.717, 1.165) is 27.6 Å². The number of anilines is 1.